The molecule has 0 amide bonds. The van der Waals surface area contributed by atoms with E-state index in [-0.39, 0.29) is 24.0 Å². The molecule has 0 fully saturated rings. The first-order chi connectivity index (χ1) is 13.9. The first kappa shape index (κ1) is 23.2. The number of hydrogen-bond donors (Lipinski definition) is 2. The minimum absolute atomic E-state index is 0.144. The number of hydrogen-bond acceptors (Lipinski definition) is 6. The van der Waals surface area contributed by atoms with E-state index in [0.29, 0.717) is 37.0 Å². The van der Waals surface area contributed by atoms with E-state index in [2.05, 4.69) is 10.0 Å². The van der Waals surface area contributed by atoms with Crippen LogP contribution in [0, 0.1) is 0 Å². The van der Waals surface area contributed by atoms with Crippen LogP contribution in [-0.4, -0.2) is 47.2 Å². The number of rotatable bonds is 12. The van der Waals surface area contributed by atoms with Crippen molar-refractivity contribution in [3.8, 4) is 5.75 Å². The topological polar surface area (TPSA) is 93.7 Å². The number of halogens is 1. The normalized spacial score (nSPS) is 11.2. The largest absolute Gasteiger partial charge is 0.492 e. The van der Waals surface area contributed by atoms with Gasteiger partial charge in [0, 0.05) is 18.1 Å². The Hall–Kier alpha value is -2.13. The molecule has 0 atom stereocenters. The number of sulfonamides is 1. The molecule has 158 valence electrons. The Morgan fingerprint density at radius 3 is 2.59 bits per heavy atom. The molecule has 2 aromatic carbocycles. The van der Waals surface area contributed by atoms with Crippen molar-refractivity contribution in [3.63, 3.8) is 0 Å². The second-order valence-corrected chi connectivity index (χ2v) is 8.28. The summed E-state index contributed by atoms with van der Waals surface area (Å²) >= 11 is 5.79. The van der Waals surface area contributed by atoms with Crippen LogP contribution in [0.4, 0.5) is 0 Å². The van der Waals surface area contributed by atoms with Crippen LogP contribution >= 0.6 is 11.6 Å². The monoisotopic (exact) mass is 440 g/mol. The average molecular weight is 441 g/mol. The van der Waals surface area contributed by atoms with Gasteiger partial charge in [-0.05, 0) is 55.3 Å². The zero-order chi connectivity index (χ0) is 21.1. The number of ether oxygens (including phenoxy) is 2. The average Bonchev–Trinajstić information content (AvgIpc) is 2.68. The Labute approximate surface area is 176 Å². The fourth-order valence-electron chi connectivity index (χ4n) is 2.46. The van der Waals surface area contributed by atoms with Gasteiger partial charge in [-0.3, -0.25) is 4.79 Å². The molecule has 0 saturated carbocycles. The maximum absolute atomic E-state index is 12.3. The van der Waals surface area contributed by atoms with Crippen LogP contribution in [0.1, 0.15) is 12.5 Å². The van der Waals surface area contributed by atoms with Gasteiger partial charge in [0.2, 0.25) is 10.0 Å². The molecule has 0 radical (unpaired) electrons. The highest BCUT2D eigenvalue weighted by molar-refractivity contribution is 7.89. The van der Waals surface area contributed by atoms with Gasteiger partial charge in [0.25, 0.3) is 0 Å². The summed E-state index contributed by atoms with van der Waals surface area (Å²) in [4.78, 5) is 11.4. The minimum atomic E-state index is -3.58. The zero-order valence-electron chi connectivity index (χ0n) is 16.2. The van der Waals surface area contributed by atoms with Crippen LogP contribution in [0.2, 0.25) is 5.02 Å². The number of nitrogens with one attached hydrogen (secondary N) is 2. The van der Waals surface area contributed by atoms with Crippen molar-refractivity contribution < 1.29 is 22.7 Å². The third-order valence-electron chi connectivity index (χ3n) is 3.85. The third-order valence-corrected chi connectivity index (χ3v) is 5.58. The van der Waals surface area contributed by atoms with Gasteiger partial charge >= 0.3 is 5.97 Å². The molecule has 0 aliphatic heterocycles. The van der Waals surface area contributed by atoms with Crippen molar-refractivity contribution in [2.75, 3.05) is 32.8 Å². The van der Waals surface area contributed by atoms with E-state index < -0.39 is 10.0 Å². The summed E-state index contributed by atoms with van der Waals surface area (Å²) < 4.78 is 37.6. The molecule has 0 saturated heterocycles. The summed E-state index contributed by atoms with van der Waals surface area (Å²) in [6.07, 6.45) is 0.519. The van der Waals surface area contributed by atoms with Crippen molar-refractivity contribution in [2.45, 2.75) is 18.2 Å². The standard InChI is InChI=1S/C20H25ClN2O5S/c1-2-27-20(24)15-22-12-13-28-18-5-3-4-16(14-18)10-11-23-29(25,26)19-8-6-17(21)7-9-19/h3-9,14,22-23H,2,10-13,15H2,1H3. The van der Waals surface area contributed by atoms with E-state index in [1.54, 1.807) is 19.1 Å². The first-order valence-electron chi connectivity index (χ1n) is 9.24. The lowest BCUT2D eigenvalue weighted by Crippen LogP contribution is -2.28. The van der Waals surface area contributed by atoms with E-state index in [4.69, 9.17) is 21.1 Å². The highest BCUT2D eigenvalue weighted by atomic mass is 35.5. The Morgan fingerprint density at radius 1 is 1.10 bits per heavy atom. The molecule has 0 heterocycles. The molecule has 9 heteroatoms. The predicted molar refractivity (Wildman–Crippen MR) is 112 cm³/mol. The molecule has 2 rings (SSSR count). The molecule has 2 N–H and O–H groups in total. The maximum Gasteiger partial charge on any atom is 0.319 e. The molecule has 0 aliphatic rings. The van der Waals surface area contributed by atoms with E-state index in [0.717, 1.165) is 5.56 Å². The van der Waals surface area contributed by atoms with Crippen LogP contribution in [0.25, 0.3) is 0 Å². The number of carbonyl (C=O) groups excluding carboxylic acids is 1. The van der Waals surface area contributed by atoms with Gasteiger partial charge in [-0.2, -0.15) is 0 Å². The molecule has 0 bridgehead atoms. The Kier molecular flexibility index (Phi) is 9.40. The molecule has 0 unspecified atom stereocenters. The number of esters is 1. The third kappa shape index (κ3) is 8.41. The highest BCUT2D eigenvalue weighted by Crippen LogP contribution is 2.15. The van der Waals surface area contributed by atoms with Crippen molar-refractivity contribution in [1.29, 1.82) is 0 Å². The second kappa shape index (κ2) is 11.8. The molecule has 0 aliphatic carbocycles. The second-order valence-electron chi connectivity index (χ2n) is 6.08. The lowest BCUT2D eigenvalue weighted by Gasteiger charge is -2.10. The summed E-state index contributed by atoms with van der Waals surface area (Å²) in [5.41, 5.74) is 0.945. The number of benzene rings is 2. The van der Waals surface area contributed by atoms with Gasteiger partial charge in [0.1, 0.15) is 12.4 Å². The molecular weight excluding hydrogens is 416 g/mol. The van der Waals surface area contributed by atoms with Crippen molar-refractivity contribution in [1.82, 2.24) is 10.0 Å². The van der Waals surface area contributed by atoms with Crippen LogP contribution < -0.4 is 14.8 Å². The summed E-state index contributed by atoms with van der Waals surface area (Å²) in [6, 6.07) is 13.5. The molecule has 29 heavy (non-hydrogen) atoms. The molecular formula is C20H25ClN2O5S. The SMILES string of the molecule is CCOC(=O)CNCCOc1cccc(CCNS(=O)(=O)c2ccc(Cl)cc2)c1. The Balaban J connectivity index is 1.75. The van der Waals surface area contributed by atoms with Gasteiger partial charge in [-0.15, -0.1) is 0 Å². The zero-order valence-corrected chi connectivity index (χ0v) is 17.8. The van der Waals surface area contributed by atoms with E-state index >= 15 is 0 Å². The first-order valence-corrected chi connectivity index (χ1v) is 11.1. The smallest absolute Gasteiger partial charge is 0.319 e. The fraction of sp³-hybridized carbons (Fsp3) is 0.350. The van der Waals surface area contributed by atoms with Gasteiger partial charge < -0.3 is 14.8 Å². The predicted octanol–water partition coefficient (Wildman–Crippen LogP) is 2.39. The summed E-state index contributed by atoms with van der Waals surface area (Å²) in [6.45, 7) is 3.42. The van der Waals surface area contributed by atoms with E-state index in [9.17, 15) is 13.2 Å². The van der Waals surface area contributed by atoms with Crippen LogP contribution in [0.5, 0.6) is 5.75 Å². The van der Waals surface area contributed by atoms with Gasteiger partial charge in [0.05, 0.1) is 18.0 Å². The lowest BCUT2D eigenvalue weighted by atomic mass is 10.1. The Morgan fingerprint density at radius 2 is 1.86 bits per heavy atom. The van der Waals surface area contributed by atoms with Gasteiger partial charge in [-0.1, -0.05) is 23.7 Å². The summed E-state index contributed by atoms with van der Waals surface area (Å²) in [7, 11) is -3.58. The van der Waals surface area contributed by atoms with Crippen LogP contribution in [0.15, 0.2) is 53.4 Å². The molecule has 7 nitrogen and oxygen atoms in total. The molecule has 0 aromatic heterocycles. The van der Waals surface area contributed by atoms with E-state index in [1.165, 1.54) is 12.1 Å². The highest BCUT2D eigenvalue weighted by Gasteiger charge is 2.13. The molecule has 2 aromatic rings. The fourth-order valence-corrected chi connectivity index (χ4v) is 3.62. The Bertz CT molecular complexity index is 888. The van der Waals surface area contributed by atoms with Crippen molar-refractivity contribution in [2.24, 2.45) is 0 Å². The van der Waals surface area contributed by atoms with Crippen molar-refractivity contribution in [3.05, 3.63) is 59.1 Å². The van der Waals surface area contributed by atoms with Crippen molar-refractivity contribution >= 4 is 27.6 Å². The van der Waals surface area contributed by atoms with Crippen LogP contribution in [-0.2, 0) is 26.0 Å². The number of carbonyl (C=O) groups is 1. The summed E-state index contributed by atoms with van der Waals surface area (Å²) in [5, 5.41) is 3.42. The minimum Gasteiger partial charge on any atom is -0.492 e. The van der Waals surface area contributed by atoms with Gasteiger partial charge in [-0.25, -0.2) is 13.1 Å². The lowest BCUT2D eigenvalue weighted by molar-refractivity contribution is -0.142. The van der Waals surface area contributed by atoms with E-state index in [1.807, 2.05) is 24.3 Å². The molecule has 0 spiro atoms. The quantitative estimate of drug-likeness (QED) is 0.389. The maximum atomic E-state index is 12.3. The van der Waals surface area contributed by atoms with Gasteiger partial charge in [0.15, 0.2) is 0 Å². The summed E-state index contributed by atoms with van der Waals surface area (Å²) in [5.74, 6) is 0.386. The van der Waals surface area contributed by atoms with Crippen LogP contribution in [0.3, 0.4) is 0 Å².